The number of hydrogen-bond acceptors (Lipinski definition) is 5. The van der Waals surface area contributed by atoms with Gasteiger partial charge in [-0.1, -0.05) is 0 Å². The van der Waals surface area contributed by atoms with E-state index in [9.17, 15) is 22.6 Å². The van der Waals surface area contributed by atoms with Gasteiger partial charge in [0.05, 0.1) is 21.1 Å². The summed E-state index contributed by atoms with van der Waals surface area (Å²) in [5.41, 5.74) is -0.549. The molecule has 28 heavy (non-hydrogen) atoms. The van der Waals surface area contributed by atoms with E-state index in [1.807, 2.05) is 4.90 Å². The van der Waals surface area contributed by atoms with Crippen molar-refractivity contribution >= 4 is 46.0 Å². The van der Waals surface area contributed by atoms with Crippen molar-refractivity contribution < 1.29 is 22.5 Å². The van der Waals surface area contributed by atoms with E-state index in [4.69, 9.17) is 0 Å². The predicted octanol–water partition coefficient (Wildman–Crippen LogP) is 2.73. The molecule has 1 aromatic carbocycles. The van der Waals surface area contributed by atoms with Gasteiger partial charge in [0, 0.05) is 38.4 Å². The number of nitrogens with one attached hydrogen (secondary N) is 1. The molecule has 2 aromatic rings. The molecule has 148 valence electrons. The highest BCUT2D eigenvalue weighted by Gasteiger charge is 2.32. The van der Waals surface area contributed by atoms with E-state index >= 15 is 0 Å². The quantitative estimate of drug-likeness (QED) is 0.715. The van der Waals surface area contributed by atoms with Crippen molar-refractivity contribution in [3.8, 4) is 0 Å². The molecule has 2 aliphatic rings. The van der Waals surface area contributed by atoms with Gasteiger partial charge in [0.1, 0.15) is 11.4 Å². The van der Waals surface area contributed by atoms with Gasteiger partial charge in [-0.05, 0) is 34.8 Å². The molecule has 1 aliphatic carbocycles. The number of rotatable bonds is 4. The highest BCUT2D eigenvalue weighted by atomic mass is 79.9. The Bertz CT molecular complexity index is 1010. The van der Waals surface area contributed by atoms with Crippen LogP contribution in [-0.4, -0.2) is 44.2 Å². The van der Waals surface area contributed by atoms with Crippen molar-refractivity contribution in [3.05, 3.63) is 38.3 Å². The molecule has 2 heterocycles. The molecule has 0 bridgehead atoms. The van der Waals surface area contributed by atoms with Crippen LogP contribution in [0.1, 0.15) is 29.2 Å². The van der Waals surface area contributed by atoms with Gasteiger partial charge < -0.3 is 19.4 Å². The fourth-order valence-corrected chi connectivity index (χ4v) is 4.40. The van der Waals surface area contributed by atoms with Crippen LogP contribution in [0.5, 0.6) is 0 Å². The average Bonchev–Trinajstić information content (AvgIpc) is 3.48. The number of carbonyl (C=O) groups is 1. The number of nitrogens with zero attached hydrogens (tertiary/aromatic N) is 2. The summed E-state index contributed by atoms with van der Waals surface area (Å²) >= 11 is 3.45. The molecule has 0 atom stereocenters. The van der Waals surface area contributed by atoms with Crippen LogP contribution in [0.25, 0.3) is 10.9 Å². The summed E-state index contributed by atoms with van der Waals surface area (Å²) in [5, 5.41) is 3.15. The Morgan fingerprint density at radius 3 is 2.57 bits per heavy atom. The monoisotopic (exact) mass is 457 g/mol. The minimum Gasteiger partial charge on any atom is -0.474 e. The largest absolute Gasteiger partial charge is 0.798 e. The molecule has 0 unspecified atom stereocenters. The molecular formula is C17H16BBrF3N3O3. The highest BCUT2D eigenvalue weighted by Crippen LogP contribution is 2.42. The predicted molar refractivity (Wildman–Crippen MR) is 103 cm³/mol. The normalized spacial score (nSPS) is 17.1. The molecule has 4 rings (SSSR count). The van der Waals surface area contributed by atoms with Crippen molar-refractivity contribution in [1.82, 2.24) is 9.88 Å². The number of aromatic nitrogens is 1. The van der Waals surface area contributed by atoms with Gasteiger partial charge >= 0.3 is 13.4 Å². The lowest BCUT2D eigenvalue weighted by atomic mass is 10.1. The van der Waals surface area contributed by atoms with Gasteiger partial charge in [-0.2, -0.15) is 0 Å². The second-order valence-corrected chi connectivity index (χ2v) is 7.62. The first kappa shape index (κ1) is 19.3. The number of anilines is 1. The lowest BCUT2D eigenvalue weighted by Gasteiger charge is -2.31. The Morgan fingerprint density at radius 2 is 1.96 bits per heavy atom. The summed E-state index contributed by atoms with van der Waals surface area (Å²) in [4.78, 5) is 26.6. The van der Waals surface area contributed by atoms with Gasteiger partial charge in [0.25, 0.3) is 0 Å². The number of fused-ring (bicyclic) bond motifs is 1. The lowest BCUT2D eigenvalue weighted by Crippen LogP contribution is -2.44. The Morgan fingerprint density at radius 1 is 1.29 bits per heavy atom. The summed E-state index contributed by atoms with van der Waals surface area (Å²) in [7, 11) is -3.34. The molecule has 0 spiro atoms. The lowest BCUT2D eigenvalue weighted by molar-refractivity contribution is 0.0693. The maximum Gasteiger partial charge on any atom is 0.798 e. The van der Waals surface area contributed by atoms with Crippen molar-refractivity contribution in [2.45, 2.75) is 18.9 Å². The molecule has 0 radical (unpaired) electrons. The minimum atomic E-state index is -3.34. The third kappa shape index (κ3) is 3.41. The van der Waals surface area contributed by atoms with Crippen molar-refractivity contribution in [2.24, 2.45) is 0 Å². The molecule has 0 amide bonds. The second kappa shape index (κ2) is 7.44. The summed E-state index contributed by atoms with van der Waals surface area (Å²) in [6.45, 7) is 2.62. The van der Waals surface area contributed by atoms with Crippen LogP contribution < -0.4 is 15.6 Å². The van der Waals surface area contributed by atoms with E-state index in [0.717, 1.165) is 18.9 Å². The molecular weight excluding hydrogens is 442 g/mol. The third-order valence-corrected chi connectivity index (χ3v) is 5.72. The number of hydrogen-bond donors (Lipinski definition) is 1. The van der Waals surface area contributed by atoms with Gasteiger partial charge in [0.2, 0.25) is 5.43 Å². The van der Waals surface area contributed by atoms with Gasteiger partial charge in [-0.3, -0.25) is 4.79 Å². The van der Waals surface area contributed by atoms with Gasteiger partial charge in [-0.25, -0.2) is 17.8 Å². The fraction of sp³-hybridized carbons (Fsp3) is 0.412. The first-order chi connectivity index (χ1) is 13.4. The SMILES string of the molecule is O=C(OB(F)F)c1cn(C2CC2)c2c(Br)c(N3CCNCC3)c(F)cc2c1=O. The molecule has 1 N–H and O–H groups in total. The topological polar surface area (TPSA) is 63.6 Å². The number of halogens is 4. The summed E-state index contributed by atoms with van der Waals surface area (Å²) in [5.74, 6) is -2.03. The molecule has 1 saturated carbocycles. The van der Waals surface area contributed by atoms with Crippen LogP contribution in [0.4, 0.5) is 18.7 Å². The highest BCUT2D eigenvalue weighted by molar-refractivity contribution is 9.10. The number of pyridine rings is 1. The molecule has 1 aromatic heterocycles. The average molecular weight is 458 g/mol. The van der Waals surface area contributed by atoms with Crippen molar-refractivity contribution in [1.29, 1.82) is 0 Å². The Labute approximate surface area is 167 Å². The van der Waals surface area contributed by atoms with Crippen LogP contribution in [0.2, 0.25) is 0 Å². The Hall–Kier alpha value is -2.01. The van der Waals surface area contributed by atoms with Gasteiger partial charge in [-0.15, -0.1) is 0 Å². The second-order valence-electron chi connectivity index (χ2n) is 6.83. The number of carbonyl (C=O) groups excluding carboxylic acids is 1. The Balaban J connectivity index is 1.94. The first-order valence-corrected chi connectivity index (χ1v) is 9.69. The van der Waals surface area contributed by atoms with Crippen LogP contribution in [-0.2, 0) is 4.65 Å². The number of piperazine rings is 1. The standard InChI is InChI=1S/C17H16BBrF3N3O3/c19-13-14-10(7-12(20)15(13)24-5-3-23-4-6-24)16(26)11(17(27)28-18(21)22)8-25(14)9-1-2-9/h7-9,23H,1-6H2. The van der Waals surface area contributed by atoms with Gasteiger partial charge in [0.15, 0.2) is 0 Å². The van der Waals surface area contributed by atoms with Crippen LogP contribution in [0, 0.1) is 5.82 Å². The smallest absolute Gasteiger partial charge is 0.474 e. The van der Waals surface area contributed by atoms with E-state index in [-0.39, 0.29) is 11.4 Å². The van der Waals surface area contributed by atoms with E-state index in [1.54, 1.807) is 4.57 Å². The maximum absolute atomic E-state index is 15.0. The summed E-state index contributed by atoms with van der Waals surface area (Å²) < 4.78 is 45.9. The van der Waals surface area contributed by atoms with Crippen LogP contribution >= 0.6 is 15.9 Å². The number of benzene rings is 1. The van der Waals surface area contributed by atoms with E-state index in [2.05, 4.69) is 25.9 Å². The van der Waals surface area contributed by atoms with E-state index in [1.165, 1.54) is 6.20 Å². The third-order valence-electron chi connectivity index (χ3n) is 4.97. The van der Waals surface area contributed by atoms with Crippen LogP contribution in [0.3, 0.4) is 0 Å². The van der Waals surface area contributed by atoms with E-state index in [0.29, 0.717) is 41.9 Å². The zero-order valence-electron chi connectivity index (χ0n) is 14.7. The molecule has 1 saturated heterocycles. The molecule has 11 heteroatoms. The van der Waals surface area contributed by atoms with Crippen molar-refractivity contribution in [3.63, 3.8) is 0 Å². The maximum atomic E-state index is 15.0. The van der Waals surface area contributed by atoms with Crippen molar-refractivity contribution in [2.75, 3.05) is 31.1 Å². The van der Waals surface area contributed by atoms with E-state index < -0.39 is 30.2 Å². The molecule has 6 nitrogen and oxygen atoms in total. The summed E-state index contributed by atoms with van der Waals surface area (Å²) in [6.07, 6.45) is 2.87. The first-order valence-electron chi connectivity index (χ1n) is 8.90. The van der Waals surface area contributed by atoms with Crippen LogP contribution in [0.15, 0.2) is 21.5 Å². The minimum absolute atomic E-state index is 0.0128. The fourth-order valence-electron chi connectivity index (χ4n) is 3.54. The molecule has 1 aliphatic heterocycles. The molecule has 2 fully saturated rings. The summed E-state index contributed by atoms with van der Waals surface area (Å²) in [6, 6.07) is 1.09. The Kier molecular flexibility index (Phi) is 5.13. The zero-order valence-corrected chi connectivity index (χ0v) is 16.3. The zero-order chi connectivity index (χ0) is 20.0.